The molecule has 3 aromatic carbocycles. The number of halogens is 1. The zero-order chi connectivity index (χ0) is 16.9. The van der Waals surface area contributed by atoms with Crippen LogP contribution >= 0.6 is 11.6 Å². The maximum atomic E-state index is 9.28. The van der Waals surface area contributed by atoms with Gasteiger partial charge in [0, 0.05) is 10.7 Å². The number of nitrogens with zero attached hydrogens (tertiary/aromatic N) is 1. The molecule has 3 rings (SSSR count). The Bertz CT molecular complexity index is 904. The Hall–Kier alpha value is -3.16. The fourth-order valence-corrected chi connectivity index (χ4v) is 2.38. The van der Waals surface area contributed by atoms with Crippen molar-refractivity contribution in [3.8, 4) is 17.6 Å². The summed E-state index contributed by atoms with van der Waals surface area (Å²) in [5, 5.41) is 13.0. The highest BCUT2D eigenvalue weighted by molar-refractivity contribution is 6.31. The van der Waals surface area contributed by atoms with E-state index in [2.05, 4.69) is 11.4 Å². The Morgan fingerprint density at radius 3 is 2.50 bits per heavy atom. The number of nitriles is 1. The number of benzene rings is 3. The fourth-order valence-electron chi connectivity index (χ4n) is 2.21. The Balaban J connectivity index is 1.96. The van der Waals surface area contributed by atoms with Gasteiger partial charge in [0.1, 0.15) is 11.8 Å². The summed E-state index contributed by atoms with van der Waals surface area (Å²) in [4.78, 5) is 0. The quantitative estimate of drug-likeness (QED) is 0.632. The summed E-state index contributed by atoms with van der Waals surface area (Å²) in [7, 11) is 0. The van der Waals surface area contributed by atoms with Gasteiger partial charge in [-0.2, -0.15) is 5.26 Å². The highest BCUT2D eigenvalue weighted by Gasteiger charge is 2.09. The predicted octanol–water partition coefficient (Wildman–Crippen LogP) is 5.33. The maximum absolute atomic E-state index is 9.28. The van der Waals surface area contributed by atoms with Crippen LogP contribution < -0.4 is 15.8 Å². The average Bonchev–Trinajstić information content (AvgIpc) is 2.59. The van der Waals surface area contributed by atoms with Crippen LogP contribution in [0.2, 0.25) is 5.02 Å². The van der Waals surface area contributed by atoms with Crippen LogP contribution in [-0.4, -0.2) is 0 Å². The molecule has 0 radical (unpaired) electrons. The first-order chi connectivity index (χ1) is 11.7. The molecule has 0 aliphatic heterocycles. The first-order valence-corrected chi connectivity index (χ1v) is 7.62. The molecule has 0 saturated carbocycles. The number of rotatable bonds is 4. The second-order valence-electron chi connectivity index (χ2n) is 5.10. The lowest BCUT2D eigenvalue weighted by molar-refractivity contribution is 0.485. The molecule has 0 bridgehead atoms. The lowest BCUT2D eigenvalue weighted by atomic mass is 10.1. The van der Waals surface area contributed by atoms with Gasteiger partial charge in [0.2, 0.25) is 0 Å². The van der Waals surface area contributed by atoms with Gasteiger partial charge in [-0.05, 0) is 48.5 Å². The molecular formula is C19H14ClN3O. The minimum absolute atomic E-state index is 0.445. The summed E-state index contributed by atoms with van der Waals surface area (Å²) >= 11 is 6.10. The van der Waals surface area contributed by atoms with E-state index in [0.717, 1.165) is 0 Å². The lowest BCUT2D eigenvalue weighted by Crippen LogP contribution is -1.98. The first kappa shape index (κ1) is 15.7. The van der Waals surface area contributed by atoms with Gasteiger partial charge in [0.25, 0.3) is 0 Å². The van der Waals surface area contributed by atoms with Crippen molar-refractivity contribution in [2.24, 2.45) is 0 Å². The largest absolute Gasteiger partial charge is 0.455 e. The zero-order valence-electron chi connectivity index (χ0n) is 12.7. The first-order valence-electron chi connectivity index (χ1n) is 7.25. The van der Waals surface area contributed by atoms with Gasteiger partial charge in [0.15, 0.2) is 5.75 Å². The van der Waals surface area contributed by atoms with Crippen LogP contribution in [0.25, 0.3) is 0 Å². The molecule has 0 aliphatic rings. The van der Waals surface area contributed by atoms with Crippen molar-refractivity contribution < 1.29 is 4.74 Å². The summed E-state index contributed by atoms with van der Waals surface area (Å²) < 4.78 is 5.91. The predicted molar refractivity (Wildman–Crippen MR) is 96.8 cm³/mol. The van der Waals surface area contributed by atoms with Gasteiger partial charge in [-0.3, -0.25) is 0 Å². The normalized spacial score (nSPS) is 10.0. The van der Waals surface area contributed by atoms with E-state index in [9.17, 15) is 5.26 Å². The third kappa shape index (κ3) is 3.60. The summed E-state index contributed by atoms with van der Waals surface area (Å²) in [6, 6.07) is 21.9. The van der Waals surface area contributed by atoms with Gasteiger partial charge >= 0.3 is 0 Å². The standard InChI is InChI=1S/C19H14ClN3O/c20-14-6-9-19(24-16-4-2-1-3-5-16)18(11-14)23-17-8-7-15(22)10-13(17)12-21/h1-11,23H,22H2. The number of nitrogens with two attached hydrogens (primary N) is 1. The molecule has 0 saturated heterocycles. The number of nitrogens with one attached hydrogen (secondary N) is 1. The van der Waals surface area contributed by atoms with Crippen molar-refractivity contribution in [1.29, 1.82) is 5.26 Å². The summed E-state index contributed by atoms with van der Waals surface area (Å²) in [6.07, 6.45) is 0. The summed E-state index contributed by atoms with van der Waals surface area (Å²) in [5.41, 5.74) is 8.00. The number of para-hydroxylation sites is 1. The molecule has 4 nitrogen and oxygen atoms in total. The Labute approximate surface area is 145 Å². The molecule has 0 heterocycles. The van der Waals surface area contributed by atoms with E-state index in [4.69, 9.17) is 22.1 Å². The smallest absolute Gasteiger partial charge is 0.150 e. The number of nitrogen functional groups attached to an aromatic ring is 1. The molecule has 3 aromatic rings. The van der Waals surface area contributed by atoms with Crippen molar-refractivity contribution >= 4 is 28.7 Å². The minimum atomic E-state index is 0.445. The molecule has 118 valence electrons. The minimum Gasteiger partial charge on any atom is -0.455 e. The number of ether oxygens (including phenoxy) is 1. The van der Waals surface area contributed by atoms with Gasteiger partial charge in [0.05, 0.1) is 16.9 Å². The molecule has 5 heteroatoms. The number of hydrogen-bond donors (Lipinski definition) is 2. The Kier molecular flexibility index (Phi) is 4.55. The molecule has 0 aromatic heterocycles. The van der Waals surface area contributed by atoms with Gasteiger partial charge in [-0.15, -0.1) is 0 Å². The van der Waals surface area contributed by atoms with Gasteiger partial charge in [-0.1, -0.05) is 29.8 Å². The van der Waals surface area contributed by atoms with Crippen molar-refractivity contribution in [3.63, 3.8) is 0 Å². The molecule has 3 N–H and O–H groups in total. The van der Waals surface area contributed by atoms with Crippen LogP contribution in [0.1, 0.15) is 5.56 Å². The van der Waals surface area contributed by atoms with Crippen molar-refractivity contribution in [1.82, 2.24) is 0 Å². The molecule has 0 spiro atoms. The molecule has 24 heavy (non-hydrogen) atoms. The highest BCUT2D eigenvalue weighted by atomic mass is 35.5. The van der Waals surface area contributed by atoms with E-state index in [-0.39, 0.29) is 0 Å². The molecule has 0 aliphatic carbocycles. The van der Waals surface area contributed by atoms with Crippen LogP contribution in [-0.2, 0) is 0 Å². The van der Waals surface area contributed by atoms with E-state index < -0.39 is 0 Å². The Morgan fingerprint density at radius 1 is 0.958 bits per heavy atom. The Morgan fingerprint density at radius 2 is 1.75 bits per heavy atom. The van der Waals surface area contributed by atoms with E-state index in [1.165, 1.54) is 0 Å². The SMILES string of the molecule is N#Cc1cc(N)ccc1Nc1cc(Cl)ccc1Oc1ccccc1. The van der Waals surface area contributed by atoms with Crippen LogP contribution in [0.5, 0.6) is 11.5 Å². The average molecular weight is 336 g/mol. The molecular weight excluding hydrogens is 322 g/mol. The molecule has 0 fully saturated rings. The second-order valence-corrected chi connectivity index (χ2v) is 5.53. The van der Waals surface area contributed by atoms with E-state index in [0.29, 0.717) is 39.1 Å². The molecule has 0 atom stereocenters. The van der Waals surface area contributed by atoms with Gasteiger partial charge in [-0.25, -0.2) is 0 Å². The molecule has 0 unspecified atom stereocenters. The van der Waals surface area contributed by atoms with E-state index >= 15 is 0 Å². The highest BCUT2D eigenvalue weighted by Crippen LogP contribution is 2.35. The van der Waals surface area contributed by atoms with E-state index in [1.54, 1.807) is 36.4 Å². The molecule has 0 amide bonds. The topological polar surface area (TPSA) is 71.1 Å². The van der Waals surface area contributed by atoms with Crippen molar-refractivity contribution in [2.45, 2.75) is 0 Å². The van der Waals surface area contributed by atoms with Gasteiger partial charge < -0.3 is 15.8 Å². The zero-order valence-corrected chi connectivity index (χ0v) is 13.4. The third-order valence-electron chi connectivity index (χ3n) is 3.35. The monoisotopic (exact) mass is 335 g/mol. The van der Waals surface area contributed by atoms with Crippen LogP contribution in [0, 0.1) is 11.3 Å². The van der Waals surface area contributed by atoms with Crippen molar-refractivity contribution in [2.75, 3.05) is 11.1 Å². The summed E-state index contributed by atoms with van der Waals surface area (Å²) in [5.74, 6) is 1.31. The maximum Gasteiger partial charge on any atom is 0.150 e. The fraction of sp³-hybridized carbons (Fsp3) is 0. The van der Waals surface area contributed by atoms with Crippen molar-refractivity contribution in [3.05, 3.63) is 77.3 Å². The summed E-state index contributed by atoms with van der Waals surface area (Å²) in [6.45, 7) is 0. The lowest BCUT2D eigenvalue weighted by Gasteiger charge is -2.14. The number of anilines is 3. The third-order valence-corrected chi connectivity index (χ3v) is 3.58. The second kappa shape index (κ2) is 6.95. The van der Waals surface area contributed by atoms with Crippen LogP contribution in [0.15, 0.2) is 66.7 Å². The van der Waals surface area contributed by atoms with Crippen LogP contribution in [0.3, 0.4) is 0 Å². The van der Waals surface area contributed by atoms with E-state index in [1.807, 2.05) is 30.3 Å². The number of hydrogen-bond acceptors (Lipinski definition) is 4. The van der Waals surface area contributed by atoms with Crippen LogP contribution in [0.4, 0.5) is 17.1 Å².